The van der Waals surface area contributed by atoms with Gasteiger partial charge in [-0.25, -0.2) is 14.8 Å². The lowest BCUT2D eigenvalue weighted by Gasteiger charge is -2.32. The SMILES string of the molecule is CC(C)Cc1nc2ccc(C(c3ccc(Cl)cc3)c3nccs3)cc2n1C1CCN(C(=O)O)CC1. The van der Waals surface area contributed by atoms with E-state index in [0.717, 1.165) is 52.3 Å². The van der Waals surface area contributed by atoms with Gasteiger partial charge in [0, 0.05) is 42.2 Å². The molecule has 1 unspecified atom stereocenters. The average molecular weight is 509 g/mol. The first-order valence-corrected chi connectivity index (χ1v) is 13.3. The van der Waals surface area contributed by atoms with E-state index in [2.05, 4.69) is 53.7 Å². The van der Waals surface area contributed by atoms with Crippen molar-refractivity contribution in [2.45, 2.75) is 45.1 Å². The second-order valence-corrected chi connectivity index (χ2v) is 11.0. The number of hydrogen-bond acceptors (Lipinski definition) is 4. The van der Waals surface area contributed by atoms with Gasteiger partial charge in [-0.05, 0) is 54.2 Å². The molecule has 5 rings (SSSR count). The van der Waals surface area contributed by atoms with Gasteiger partial charge in [0.15, 0.2) is 0 Å². The molecular weight excluding hydrogens is 480 g/mol. The average Bonchev–Trinajstić information content (AvgIpc) is 3.48. The number of rotatable bonds is 6. The molecule has 6 nitrogen and oxygen atoms in total. The van der Waals surface area contributed by atoms with Gasteiger partial charge >= 0.3 is 6.09 Å². The van der Waals surface area contributed by atoms with Crippen LogP contribution in [0.25, 0.3) is 11.0 Å². The number of carboxylic acid groups (broad SMARTS) is 1. The van der Waals surface area contributed by atoms with Gasteiger partial charge in [-0.15, -0.1) is 11.3 Å². The largest absolute Gasteiger partial charge is 0.465 e. The number of aromatic nitrogens is 3. The minimum atomic E-state index is -0.835. The maximum atomic E-state index is 11.5. The summed E-state index contributed by atoms with van der Waals surface area (Å²) < 4.78 is 2.39. The van der Waals surface area contributed by atoms with Crippen molar-refractivity contribution >= 4 is 40.1 Å². The lowest BCUT2D eigenvalue weighted by Crippen LogP contribution is -2.38. The molecule has 2 aromatic heterocycles. The Morgan fingerprint density at radius 1 is 1.14 bits per heavy atom. The van der Waals surface area contributed by atoms with Crippen LogP contribution in [0.4, 0.5) is 4.79 Å². The van der Waals surface area contributed by atoms with Crippen molar-refractivity contribution in [3.05, 3.63) is 81.0 Å². The van der Waals surface area contributed by atoms with Crippen LogP contribution in [-0.2, 0) is 6.42 Å². The van der Waals surface area contributed by atoms with Gasteiger partial charge < -0.3 is 14.6 Å². The standard InChI is InChI=1S/C27H29ClN4O2S/c1-17(2)15-24-30-22-8-5-19(16-23(22)32(24)21-9-12-31(13-10-21)27(33)34)25(26-29-11-14-35-26)18-3-6-20(28)7-4-18/h3-8,11,14,16-17,21,25H,9-10,12-13,15H2,1-2H3,(H,33,34). The van der Waals surface area contributed by atoms with E-state index in [9.17, 15) is 9.90 Å². The zero-order valence-electron chi connectivity index (χ0n) is 19.9. The van der Waals surface area contributed by atoms with E-state index in [-0.39, 0.29) is 12.0 Å². The van der Waals surface area contributed by atoms with Gasteiger partial charge in [0.1, 0.15) is 10.8 Å². The predicted molar refractivity (Wildman–Crippen MR) is 141 cm³/mol. The number of thiazole rings is 1. The smallest absolute Gasteiger partial charge is 0.407 e. The summed E-state index contributed by atoms with van der Waals surface area (Å²) >= 11 is 7.83. The van der Waals surface area contributed by atoms with Crippen LogP contribution < -0.4 is 0 Å². The molecule has 1 aliphatic rings. The quantitative estimate of drug-likeness (QED) is 0.309. The Morgan fingerprint density at radius 2 is 1.86 bits per heavy atom. The molecular formula is C27H29ClN4O2S. The van der Waals surface area contributed by atoms with Crippen LogP contribution in [0.1, 0.15) is 60.6 Å². The molecule has 0 spiro atoms. The Balaban J connectivity index is 1.60. The topological polar surface area (TPSA) is 71.2 Å². The molecule has 0 bridgehead atoms. The molecule has 0 saturated carbocycles. The van der Waals surface area contributed by atoms with Crippen molar-refractivity contribution in [3.63, 3.8) is 0 Å². The minimum Gasteiger partial charge on any atom is -0.465 e. The van der Waals surface area contributed by atoms with E-state index in [1.165, 1.54) is 4.90 Å². The fourth-order valence-corrected chi connectivity index (χ4v) is 6.00. The van der Waals surface area contributed by atoms with Gasteiger partial charge in [0.2, 0.25) is 0 Å². The van der Waals surface area contributed by atoms with Crippen molar-refractivity contribution < 1.29 is 9.90 Å². The highest BCUT2D eigenvalue weighted by atomic mass is 35.5. The number of likely N-dealkylation sites (tertiary alicyclic amines) is 1. The maximum absolute atomic E-state index is 11.5. The zero-order chi connectivity index (χ0) is 24.5. The summed E-state index contributed by atoms with van der Waals surface area (Å²) in [6.07, 6.45) is 3.48. The molecule has 2 aromatic carbocycles. The molecule has 0 radical (unpaired) electrons. The van der Waals surface area contributed by atoms with Crippen molar-refractivity contribution in [3.8, 4) is 0 Å². The molecule has 35 heavy (non-hydrogen) atoms. The van der Waals surface area contributed by atoms with E-state index < -0.39 is 6.09 Å². The Hall–Kier alpha value is -2.90. The van der Waals surface area contributed by atoms with Gasteiger partial charge in [-0.1, -0.05) is 43.6 Å². The lowest BCUT2D eigenvalue weighted by atomic mass is 9.91. The highest BCUT2D eigenvalue weighted by Gasteiger charge is 2.28. The summed E-state index contributed by atoms with van der Waals surface area (Å²) in [5, 5.41) is 13.2. The monoisotopic (exact) mass is 508 g/mol. The van der Waals surface area contributed by atoms with Crippen molar-refractivity contribution in [1.29, 1.82) is 0 Å². The lowest BCUT2D eigenvalue weighted by molar-refractivity contribution is 0.125. The number of fused-ring (bicyclic) bond motifs is 1. The van der Waals surface area contributed by atoms with Crippen LogP contribution >= 0.6 is 22.9 Å². The van der Waals surface area contributed by atoms with Gasteiger partial charge in [-0.3, -0.25) is 0 Å². The molecule has 3 heterocycles. The summed E-state index contributed by atoms with van der Waals surface area (Å²) in [6, 6.07) is 14.8. The van der Waals surface area contributed by atoms with Crippen molar-refractivity contribution in [2.75, 3.05) is 13.1 Å². The molecule has 0 aliphatic carbocycles. The first kappa shape index (κ1) is 23.8. The zero-order valence-corrected chi connectivity index (χ0v) is 21.5. The van der Waals surface area contributed by atoms with E-state index in [4.69, 9.17) is 16.6 Å². The third-order valence-electron chi connectivity index (χ3n) is 6.71. The Morgan fingerprint density at radius 3 is 2.49 bits per heavy atom. The number of amides is 1. The maximum Gasteiger partial charge on any atom is 0.407 e. The predicted octanol–water partition coefficient (Wildman–Crippen LogP) is 6.84. The van der Waals surface area contributed by atoms with E-state index in [1.807, 2.05) is 23.7 Å². The van der Waals surface area contributed by atoms with Crippen molar-refractivity contribution in [1.82, 2.24) is 19.4 Å². The van der Waals surface area contributed by atoms with Gasteiger partial charge in [0.05, 0.1) is 17.0 Å². The normalized spacial score (nSPS) is 15.7. The summed E-state index contributed by atoms with van der Waals surface area (Å²) in [6.45, 7) is 5.52. The molecule has 8 heteroatoms. The van der Waals surface area contributed by atoms with Crippen molar-refractivity contribution in [2.24, 2.45) is 5.92 Å². The molecule has 1 amide bonds. The fraction of sp³-hybridized carbons (Fsp3) is 0.370. The molecule has 4 aromatic rings. The number of hydrogen-bond donors (Lipinski definition) is 1. The van der Waals surface area contributed by atoms with Crippen LogP contribution in [0.15, 0.2) is 54.0 Å². The number of carbonyl (C=O) groups is 1. The van der Waals surface area contributed by atoms with Gasteiger partial charge in [0.25, 0.3) is 0 Å². The third-order valence-corrected chi connectivity index (χ3v) is 7.80. The Kier molecular flexibility index (Phi) is 6.80. The van der Waals surface area contributed by atoms with E-state index >= 15 is 0 Å². The summed E-state index contributed by atoms with van der Waals surface area (Å²) in [4.78, 5) is 22.7. The number of piperidine rings is 1. The number of halogens is 1. The molecule has 1 atom stereocenters. The van der Waals surface area contributed by atoms with Crippen LogP contribution in [0.5, 0.6) is 0 Å². The van der Waals surface area contributed by atoms with Crippen LogP contribution in [0.3, 0.4) is 0 Å². The Labute approximate surface area is 214 Å². The van der Waals surface area contributed by atoms with Crippen LogP contribution in [0.2, 0.25) is 5.02 Å². The number of imidazole rings is 1. The number of benzene rings is 2. The van der Waals surface area contributed by atoms with Crippen LogP contribution in [-0.4, -0.2) is 43.7 Å². The molecule has 182 valence electrons. The summed E-state index contributed by atoms with van der Waals surface area (Å²) in [5.41, 5.74) is 4.41. The first-order valence-electron chi connectivity index (χ1n) is 12.0. The van der Waals surface area contributed by atoms with E-state index in [1.54, 1.807) is 11.3 Å². The highest BCUT2D eigenvalue weighted by molar-refractivity contribution is 7.09. The second-order valence-electron chi connectivity index (χ2n) is 9.60. The highest BCUT2D eigenvalue weighted by Crippen LogP contribution is 2.37. The summed E-state index contributed by atoms with van der Waals surface area (Å²) in [5.74, 6) is 1.56. The fourth-order valence-electron chi connectivity index (χ4n) is 5.08. The Bertz CT molecular complexity index is 1310. The van der Waals surface area contributed by atoms with Gasteiger partial charge in [-0.2, -0.15) is 0 Å². The van der Waals surface area contributed by atoms with Crippen LogP contribution in [0, 0.1) is 5.92 Å². The minimum absolute atomic E-state index is 0.00224. The summed E-state index contributed by atoms with van der Waals surface area (Å²) in [7, 11) is 0. The van der Waals surface area contributed by atoms with E-state index in [0.29, 0.717) is 24.0 Å². The first-order chi connectivity index (χ1) is 16.9. The second kappa shape index (κ2) is 9.99. The molecule has 1 fully saturated rings. The number of nitrogens with zero attached hydrogens (tertiary/aromatic N) is 4. The molecule has 1 saturated heterocycles. The molecule has 1 N–H and O–H groups in total. The molecule has 1 aliphatic heterocycles. The third kappa shape index (κ3) is 4.93.